The molecule has 1 aliphatic rings. The van der Waals surface area contributed by atoms with Gasteiger partial charge in [0.1, 0.15) is 5.67 Å². The zero-order valence-electron chi connectivity index (χ0n) is 16.6. The number of rotatable bonds is 2. The second-order valence-electron chi connectivity index (χ2n) is 7.15. The van der Waals surface area contributed by atoms with Crippen molar-refractivity contribution in [2.75, 3.05) is 0 Å². The molecule has 1 aromatic carbocycles. The monoisotopic (exact) mass is 452 g/mol. The molecule has 0 bridgehead atoms. The van der Waals surface area contributed by atoms with Crippen LogP contribution in [-0.2, 0) is 4.79 Å². The molecule has 3 N–H and O–H groups in total. The van der Waals surface area contributed by atoms with Gasteiger partial charge in [-0.3, -0.25) is 20.9 Å². The summed E-state index contributed by atoms with van der Waals surface area (Å²) in [7, 11) is 0. The Kier molecular flexibility index (Phi) is 13.5. The minimum absolute atomic E-state index is 0. The van der Waals surface area contributed by atoms with Gasteiger partial charge in [0.15, 0.2) is 0 Å². The lowest BCUT2D eigenvalue weighted by Crippen LogP contribution is -2.41. The molecule has 0 fully saturated rings. The van der Waals surface area contributed by atoms with Crippen molar-refractivity contribution in [2.24, 2.45) is 11.8 Å². The standard InChI is InChI=1S/C9H10ClFO.C7H5ClO.C4H12N2.ClH/c1-6-5-7(8(10)12)3-4-9(6,2)11;8-7(9)6-4-2-1-3-5-6;1-4(2,3)6-5;/h3-5,7H,1-2H3;1-5H;6H,5H2,1-3H3;1H. The molecule has 0 radical (unpaired) electrons. The van der Waals surface area contributed by atoms with Crippen LogP contribution in [0.25, 0.3) is 0 Å². The van der Waals surface area contributed by atoms with Gasteiger partial charge < -0.3 is 0 Å². The fourth-order valence-corrected chi connectivity index (χ4v) is 1.88. The Morgan fingerprint density at radius 2 is 1.64 bits per heavy atom. The molecule has 1 aromatic rings. The number of hydrogen-bond acceptors (Lipinski definition) is 4. The summed E-state index contributed by atoms with van der Waals surface area (Å²) in [4.78, 5) is 21.1. The van der Waals surface area contributed by atoms with E-state index in [-0.39, 0.29) is 17.9 Å². The third-order valence-corrected chi connectivity index (χ3v) is 3.98. The van der Waals surface area contributed by atoms with Crippen molar-refractivity contribution in [1.29, 1.82) is 0 Å². The van der Waals surface area contributed by atoms with Crippen molar-refractivity contribution in [3.8, 4) is 0 Å². The molecular formula is C20H28Cl3FN2O2. The Balaban J connectivity index is 0. The average Bonchev–Trinajstić information content (AvgIpc) is 2.58. The highest BCUT2D eigenvalue weighted by atomic mass is 35.5. The van der Waals surface area contributed by atoms with Crippen LogP contribution < -0.4 is 11.3 Å². The van der Waals surface area contributed by atoms with Gasteiger partial charge in [0.25, 0.3) is 5.24 Å². The molecule has 158 valence electrons. The smallest absolute Gasteiger partial charge is 0.252 e. The quantitative estimate of drug-likeness (QED) is 0.274. The van der Waals surface area contributed by atoms with Crippen LogP contribution in [0.2, 0.25) is 0 Å². The number of nitrogens with one attached hydrogen (secondary N) is 1. The molecule has 0 amide bonds. The van der Waals surface area contributed by atoms with E-state index in [1.807, 2.05) is 26.8 Å². The number of benzene rings is 1. The molecule has 0 heterocycles. The summed E-state index contributed by atoms with van der Waals surface area (Å²) in [5.41, 5.74) is 2.32. The van der Waals surface area contributed by atoms with Crippen LogP contribution >= 0.6 is 35.6 Å². The Labute approximate surface area is 182 Å². The summed E-state index contributed by atoms with van der Waals surface area (Å²) in [6, 6.07) is 8.74. The Morgan fingerprint density at radius 1 is 1.18 bits per heavy atom. The molecule has 0 saturated carbocycles. The zero-order chi connectivity index (χ0) is 21.3. The number of carbonyl (C=O) groups excluding carboxylic acids is 2. The second kappa shape index (κ2) is 13.1. The lowest BCUT2D eigenvalue weighted by atomic mass is 9.89. The number of alkyl halides is 1. The third kappa shape index (κ3) is 12.3. The maximum absolute atomic E-state index is 13.4. The number of hydrogen-bond donors (Lipinski definition) is 2. The molecule has 2 unspecified atom stereocenters. The minimum Gasteiger partial charge on any atom is -0.280 e. The summed E-state index contributed by atoms with van der Waals surface area (Å²) in [5, 5.41) is -0.878. The van der Waals surface area contributed by atoms with Gasteiger partial charge in [0, 0.05) is 11.1 Å². The van der Waals surface area contributed by atoms with E-state index in [0.717, 1.165) is 0 Å². The molecule has 0 spiro atoms. The van der Waals surface area contributed by atoms with E-state index < -0.39 is 22.1 Å². The van der Waals surface area contributed by atoms with Crippen molar-refractivity contribution in [3.63, 3.8) is 0 Å². The molecule has 0 saturated heterocycles. The van der Waals surface area contributed by atoms with Crippen molar-refractivity contribution in [3.05, 3.63) is 59.7 Å². The summed E-state index contributed by atoms with van der Waals surface area (Å²) >= 11 is 10.4. The SMILES string of the molecule is CC(C)(C)NN.CC1=CC(C(=O)Cl)C=CC1(C)F.Cl.O=C(Cl)c1ccccc1. The van der Waals surface area contributed by atoms with Crippen molar-refractivity contribution >= 4 is 46.1 Å². The van der Waals surface area contributed by atoms with Crippen LogP contribution in [0.15, 0.2) is 54.1 Å². The summed E-state index contributed by atoms with van der Waals surface area (Å²) < 4.78 is 13.4. The van der Waals surface area contributed by atoms with E-state index in [1.54, 1.807) is 37.3 Å². The summed E-state index contributed by atoms with van der Waals surface area (Å²) in [6.45, 7) is 9.12. The van der Waals surface area contributed by atoms with Crippen molar-refractivity contribution in [1.82, 2.24) is 5.43 Å². The van der Waals surface area contributed by atoms with Gasteiger partial charge in [-0.15, -0.1) is 12.4 Å². The van der Waals surface area contributed by atoms with Crippen LogP contribution in [0.5, 0.6) is 0 Å². The van der Waals surface area contributed by atoms with Crippen LogP contribution in [0.3, 0.4) is 0 Å². The maximum atomic E-state index is 13.4. The lowest BCUT2D eigenvalue weighted by molar-refractivity contribution is -0.112. The maximum Gasteiger partial charge on any atom is 0.252 e. The molecule has 0 aromatic heterocycles. The van der Waals surface area contributed by atoms with E-state index in [1.165, 1.54) is 19.1 Å². The number of hydrazine groups is 1. The van der Waals surface area contributed by atoms with Gasteiger partial charge in [-0.1, -0.05) is 42.5 Å². The largest absolute Gasteiger partial charge is 0.280 e. The van der Waals surface area contributed by atoms with E-state index in [2.05, 4.69) is 5.43 Å². The van der Waals surface area contributed by atoms with Crippen LogP contribution in [-0.4, -0.2) is 21.7 Å². The second-order valence-corrected chi connectivity index (χ2v) is 7.86. The van der Waals surface area contributed by atoms with Crippen molar-refractivity contribution < 1.29 is 14.0 Å². The number of carbonyl (C=O) groups is 2. The highest BCUT2D eigenvalue weighted by molar-refractivity contribution is 6.67. The van der Waals surface area contributed by atoms with Gasteiger partial charge >= 0.3 is 0 Å². The van der Waals surface area contributed by atoms with Crippen molar-refractivity contribution in [2.45, 2.75) is 45.8 Å². The highest BCUT2D eigenvalue weighted by Crippen LogP contribution is 2.29. The Bertz CT molecular complexity index is 684. The van der Waals surface area contributed by atoms with Gasteiger partial charge in [-0.05, 0) is 69.5 Å². The third-order valence-electron chi connectivity index (χ3n) is 3.51. The van der Waals surface area contributed by atoms with Crippen LogP contribution in [0.4, 0.5) is 4.39 Å². The van der Waals surface area contributed by atoms with E-state index in [4.69, 9.17) is 29.0 Å². The summed E-state index contributed by atoms with van der Waals surface area (Å²) in [5.74, 6) is 4.59. The molecule has 4 nitrogen and oxygen atoms in total. The fourth-order valence-electron chi connectivity index (χ4n) is 1.61. The predicted octanol–water partition coefficient (Wildman–Crippen LogP) is 5.35. The summed E-state index contributed by atoms with van der Waals surface area (Å²) in [6.07, 6.45) is 4.41. The molecule has 8 heteroatoms. The van der Waals surface area contributed by atoms with Gasteiger partial charge in [0.2, 0.25) is 5.24 Å². The van der Waals surface area contributed by atoms with E-state index in [9.17, 15) is 14.0 Å². The molecule has 0 aliphatic heterocycles. The first-order chi connectivity index (χ1) is 12.3. The number of allylic oxidation sites excluding steroid dienone is 4. The normalized spacial score (nSPS) is 20.3. The van der Waals surface area contributed by atoms with Crippen LogP contribution in [0, 0.1) is 5.92 Å². The number of nitrogens with two attached hydrogens (primary N) is 1. The lowest BCUT2D eigenvalue weighted by Gasteiger charge is -2.22. The predicted molar refractivity (Wildman–Crippen MR) is 118 cm³/mol. The minimum atomic E-state index is -1.43. The Hall–Kier alpha value is -1.24. The van der Waals surface area contributed by atoms with Gasteiger partial charge in [-0.2, -0.15) is 0 Å². The molecule has 2 rings (SSSR count). The van der Waals surface area contributed by atoms with Crippen LogP contribution in [0.1, 0.15) is 45.0 Å². The topological polar surface area (TPSA) is 72.2 Å². The fraction of sp³-hybridized carbons (Fsp3) is 0.400. The first-order valence-electron chi connectivity index (χ1n) is 8.29. The number of halogens is 4. The van der Waals surface area contributed by atoms with Gasteiger partial charge in [-0.25, -0.2) is 4.39 Å². The molecular weight excluding hydrogens is 426 g/mol. The highest BCUT2D eigenvalue weighted by Gasteiger charge is 2.27. The first-order valence-corrected chi connectivity index (χ1v) is 9.05. The van der Waals surface area contributed by atoms with Gasteiger partial charge in [0.05, 0.1) is 5.92 Å². The van der Waals surface area contributed by atoms with E-state index in [0.29, 0.717) is 11.1 Å². The first kappa shape index (κ1) is 29.0. The Morgan fingerprint density at radius 3 is 1.93 bits per heavy atom. The molecule has 2 atom stereocenters. The van der Waals surface area contributed by atoms with E-state index >= 15 is 0 Å². The average molecular weight is 454 g/mol. The molecule has 28 heavy (non-hydrogen) atoms. The molecule has 1 aliphatic carbocycles. The zero-order valence-corrected chi connectivity index (χ0v) is 19.0.